The van der Waals surface area contributed by atoms with Crippen LogP contribution in [0.1, 0.15) is 22.3 Å². The van der Waals surface area contributed by atoms with Crippen LogP contribution in [0.4, 0.5) is 0 Å². The Morgan fingerprint density at radius 2 is 2.44 bits per heavy atom. The van der Waals surface area contributed by atoms with Crippen molar-refractivity contribution in [1.82, 2.24) is 9.88 Å². The number of thiophene rings is 1. The molecule has 1 aliphatic heterocycles. The van der Waals surface area contributed by atoms with Crippen molar-refractivity contribution < 1.29 is 4.74 Å². The highest BCUT2D eigenvalue weighted by atomic mass is 32.1. The molecule has 1 atom stereocenters. The molecule has 0 N–H and O–H groups in total. The number of thiazole rings is 1. The van der Waals surface area contributed by atoms with Crippen LogP contribution in [0, 0.1) is 6.92 Å². The molecule has 1 fully saturated rings. The van der Waals surface area contributed by atoms with Crippen molar-refractivity contribution in [2.24, 2.45) is 0 Å². The highest BCUT2D eigenvalue weighted by Crippen LogP contribution is 2.28. The maximum absolute atomic E-state index is 5.62. The molecular weight excluding hydrogens is 264 g/mol. The van der Waals surface area contributed by atoms with E-state index in [2.05, 4.69) is 32.1 Å². The van der Waals surface area contributed by atoms with E-state index in [9.17, 15) is 0 Å². The average Bonchev–Trinajstić information content (AvgIpc) is 3.02. The van der Waals surface area contributed by atoms with Crippen molar-refractivity contribution in [2.75, 3.05) is 19.8 Å². The normalized spacial score (nSPS) is 21.3. The van der Waals surface area contributed by atoms with E-state index in [0.717, 1.165) is 32.0 Å². The quantitative estimate of drug-likeness (QED) is 0.864. The lowest BCUT2D eigenvalue weighted by molar-refractivity contribution is -0.0127. The second-order valence-electron chi connectivity index (χ2n) is 4.52. The summed E-state index contributed by atoms with van der Waals surface area (Å²) in [6, 6.07) is 2.52. The van der Waals surface area contributed by atoms with E-state index in [1.165, 1.54) is 10.6 Å². The first-order valence-electron chi connectivity index (χ1n) is 6.08. The second kappa shape index (κ2) is 5.48. The van der Waals surface area contributed by atoms with Gasteiger partial charge in [-0.1, -0.05) is 0 Å². The smallest absolute Gasteiger partial charge is 0.112 e. The fourth-order valence-electron chi connectivity index (χ4n) is 2.20. The molecular formula is C13H16N2OS2. The van der Waals surface area contributed by atoms with Crippen LogP contribution in [0.5, 0.6) is 0 Å². The predicted molar refractivity (Wildman–Crippen MR) is 75.1 cm³/mol. The molecule has 0 amide bonds. The van der Waals surface area contributed by atoms with Crippen molar-refractivity contribution in [3.63, 3.8) is 0 Å². The van der Waals surface area contributed by atoms with E-state index >= 15 is 0 Å². The van der Waals surface area contributed by atoms with Gasteiger partial charge in [0.2, 0.25) is 0 Å². The number of aromatic nitrogens is 1. The molecule has 0 saturated carbocycles. The van der Waals surface area contributed by atoms with Gasteiger partial charge < -0.3 is 4.74 Å². The molecule has 0 aliphatic carbocycles. The van der Waals surface area contributed by atoms with Crippen LogP contribution < -0.4 is 0 Å². The molecule has 96 valence electrons. The maximum atomic E-state index is 5.62. The van der Waals surface area contributed by atoms with Gasteiger partial charge in [-0.15, -0.1) is 11.3 Å². The monoisotopic (exact) mass is 280 g/mol. The van der Waals surface area contributed by atoms with Crippen molar-refractivity contribution in [3.8, 4) is 0 Å². The van der Waals surface area contributed by atoms with E-state index in [4.69, 9.17) is 4.74 Å². The van der Waals surface area contributed by atoms with E-state index < -0.39 is 0 Å². The van der Waals surface area contributed by atoms with Gasteiger partial charge in [-0.2, -0.15) is 11.3 Å². The minimum Gasteiger partial charge on any atom is -0.378 e. The van der Waals surface area contributed by atoms with Crippen LogP contribution in [0.15, 0.2) is 22.2 Å². The highest BCUT2D eigenvalue weighted by Gasteiger charge is 2.26. The van der Waals surface area contributed by atoms with Crippen molar-refractivity contribution in [1.29, 1.82) is 0 Å². The summed E-state index contributed by atoms with van der Waals surface area (Å²) < 4.78 is 5.62. The number of rotatable bonds is 3. The minimum absolute atomic E-state index is 0.317. The van der Waals surface area contributed by atoms with Crippen LogP contribution in [0.2, 0.25) is 0 Å². The van der Waals surface area contributed by atoms with Crippen LogP contribution >= 0.6 is 22.7 Å². The Labute approximate surface area is 115 Å². The van der Waals surface area contributed by atoms with Gasteiger partial charge in [0, 0.05) is 24.2 Å². The van der Waals surface area contributed by atoms with Gasteiger partial charge >= 0.3 is 0 Å². The Morgan fingerprint density at radius 1 is 1.50 bits per heavy atom. The fourth-order valence-corrected chi connectivity index (χ4v) is 3.77. The highest BCUT2D eigenvalue weighted by molar-refractivity contribution is 7.09. The molecule has 0 radical (unpaired) electrons. The van der Waals surface area contributed by atoms with Gasteiger partial charge in [-0.05, 0) is 29.3 Å². The zero-order valence-corrected chi connectivity index (χ0v) is 12.0. The number of hydrogen-bond acceptors (Lipinski definition) is 5. The second-order valence-corrected chi connectivity index (χ2v) is 6.19. The van der Waals surface area contributed by atoms with Crippen molar-refractivity contribution in [3.05, 3.63) is 38.5 Å². The molecule has 0 bridgehead atoms. The predicted octanol–water partition coefficient (Wildman–Crippen LogP) is 3.09. The first-order chi connectivity index (χ1) is 8.83. The number of nitrogens with zero attached hydrogens (tertiary/aromatic N) is 2. The lowest BCUT2D eigenvalue weighted by Crippen LogP contribution is -2.38. The van der Waals surface area contributed by atoms with Crippen molar-refractivity contribution >= 4 is 22.7 Å². The molecule has 2 aromatic heterocycles. The summed E-state index contributed by atoms with van der Waals surface area (Å²) >= 11 is 3.50. The summed E-state index contributed by atoms with van der Waals surface area (Å²) in [6.07, 6.45) is 0. The third-order valence-corrected chi connectivity index (χ3v) is 4.92. The first-order valence-corrected chi connectivity index (χ1v) is 7.90. The van der Waals surface area contributed by atoms with Crippen LogP contribution in [0.3, 0.4) is 0 Å². The Balaban J connectivity index is 1.77. The fraction of sp³-hybridized carbons (Fsp3) is 0.462. The molecule has 1 aliphatic rings. The van der Waals surface area contributed by atoms with E-state index in [-0.39, 0.29) is 0 Å². The molecule has 3 rings (SSSR count). The molecule has 0 spiro atoms. The van der Waals surface area contributed by atoms with Crippen LogP contribution in [0.25, 0.3) is 0 Å². The molecule has 2 aromatic rings. The van der Waals surface area contributed by atoms with Gasteiger partial charge in [0.05, 0.1) is 19.3 Å². The minimum atomic E-state index is 0.317. The SMILES string of the molecule is Cc1csc(C2COCCN2Cc2ccsc2)n1. The Hall–Kier alpha value is -0.750. The van der Waals surface area contributed by atoms with Crippen molar-refractivity contribution in [2.45, 2.75) is 19.5 Å². The van der Waals surface area contributed by atoms with Crippen LogP contribution in [-0.4, -0.2) is 29.6 Å². The summed E-state index contributed by atoms with van der Waals surface area (Å²) in [5.41, 5.74) is 2.50. The van der Waals surface area contributed by atoms with E-state index in [1.807, 2.05) is 6.92 Å². The van der Waals surface area contributed by atoms with Gasteiger partial charge in [0.15, 0.2) is 0 Å². The van der Waals surface area contributed by atoms with Crippen LogP contribution in [-0.2, 0) is 11.3 Å². The number of aryl methyl sites for hydroxylation is 1. The Morgan fingerprint density at radius 3 is 3.17 bits per heavy atom. The zero-order valence-electron chi connectivity index (χ0n) is 10.3. The molecule has 1 saturated heterocycles. The van der Waals surface area contributed by atoms with E-state index in [1.54, 1.807) is 22.7 Å². The topological polar surface area (TPSA) is 25.4 Å². The largest absolute Gasteiger partial charge is 0.378 e. The maximum Gasteiger partial charge on any atom is 0.112 e. The number of ether oxygens (including phenoxy) is 1. The van der Waals surface area contributed by atoms with Gasteiger partial charge in [-0.3, -0.25) is 4.90 Å². The molecule has 0 aromatic carbocycles. The average molecular weight is 280 g/mol. The first kappa shape index (κ1) is 12.3. The molecule has 1 unspecified atom stereocenters. The van der Waals surface area contributed by atoms with Gasteiger partial charge in [0.1, 0.15) is 5.01 Å². The summed E-state index contributed by atoms with van der Waals surface area (Å²) in [4.78, 5) is 7.09. The third kappa shape index (κ3) is 2.64. The van der Waals surface area contributed by atoms with Gasteiger partial charge in [-0.25, -0.2) is 4.98 Å². The molecule has 18 heavy (non-hydrogen) atoms. The summed E-state index contributed by atoms with van der Waals surface area (Å²) in [7, 11) is 0. The summed E-state index contributed by atoms with van der Waals surface area (Å²) in [5.74, 6) is 0. The third-order valence-electron chi connectivity index (χ3n) is 3.13. The summed E-state index contributed by atoms with van der Waals surface area (Å²) in [6.45, 7) is 5.62. The molecule has 5 heteroatoms. The Bertz CT molecular complexity index is 495. The standard InChI is InChI=1S/C13H16N2OS2/c1-10-8-18-13(14-10)12-7-16-4-3-15(12)6-11-2-5-17-9-11/h2,5,8-9,12H,3-4,6-7H2,1H3. The van der Waals surface area contributed by atoms with Gasteiger partial charge in [0.25, 0.3) is 0 Å². The summed E-state index contributed by atoms with van der Waals surface area (Å²) in [5, 5.41) is 7.66. The van der Waals surface area contributed by atoms with E-state index in [0.29, 0.717) is 6.04 Å². The Kier molecular flexibility index (Phi) is 3.75. The zero-order chi connectivity index (χ0) is 12.4. The molecule has 3 nitrogen and oxygen atoms in total. The lowest BCUT2D eigenvalue weighted by Gasteiger charge is -2.34. The number of morpholine rings is 1. The molecule has 3 heterocycles. The lowest BCUT2D eigenvalue weighted by atomic mass is 10.2. The number of hydrogen-bond donors (Lipinski definition) is 0.